The summed E-state index contributed by atoms with van der Waals surface area (Å²) in [6, 6.07) is 6.40. The Bertz CT molecular complexity index is 1050. The number of carbonyl (C=O) groups excluding carboxylic acids is 1. The summed E-state index contributed by atoms with van der Waals surface area (Å²) in [4.78, 5) is 21.9. The second-order valence-electron chi connectivity index (χ2n) is 7.44. The van der Waals surface area contributed by atoms with Gasteiger partial charge in [0.25, 0.3) is 5.91 Å². The summed E-state index contributed by atoms with van der Waals surface area (Å²) in [7, 11) is 1.52. The fourth-order valence-corrected chi connectivity index (χ4v) is 3.77. The van der Waals surface area contributed by atoms with Crippen molar-refractivity contribution in [2.24, 2.45) is 0 Å². The summed E-state index contributed by atoms with van der Waals surface area (Å²) >= 11 is 0. The zero-order valence-electron chi connectivity index (χ0n) is 15.9. The lowest BCUT2D eigenvalue weighted by Crippen LogP contribution is -2.13. The molecule has 8 heteroatoms. The van der Waals surface area contributed by atoms with Crippen LogP contribution in [-0.2, 0) is 6.42 Å². The molecule has 0 bridgehead atoms. The molecule has 1 unspecified atom stereocenters. The number of nitrogens with zero attached hydrogens (tertiary/aromatic N) is 5. The van der Waals surface area contributed by atoms with Crippen LogP contribution in [0.3, 0.4) is 0 Å². The smallest absolute Gasteiger partial charge is 0.263 e. The summed E-state index contributed by atoms with van der Waals surface area (Å²) < 4.78 is 9.33. The van der Waals surface area contributed by atoms with Crippen molar-refractivity contribution in [3.8, 4) is 17.3 Å². The van der Waals surface area contributed by atoms with E-state index in [1.807, 2.05) is 23.0 Å². The van der Waals surface area contributed by atoms with Crippen LogP contribution in [0.25, 0.3) is 11.4 Å². The summed E-state index contributed by atoms with van der Waals surface area (Å²) in [6.45, 7) is 2.19. The predicted molar refractivity (Wildman–Crippen MR) is 103 cm³/mol. The molecule has 0 spiro atoms. The number of aromatic nitrogens is 5. The third kappa shape index (κ3) is 2.85. The maximum absolute atomic E-state index is 12.8. The Kier molecular flexibility index (Phi) is 3.92. The minimum atomic E-state index is -0.278. The van der Waals surface area contributed by atoms with Crippen molar-refractivity contribution >= 4 is 11.7 Å². The molecule has 8 nitrogen and oxygen atoms in total. The number of hydrogen-bond donors (Lipinski definition) is 1. The molecule has 1 atom stereocenters. The van der Waals surface area contributed by atoms with Gasteiger partial charge >= 0.3 is 0 Å². The van der Waals surface area contributed by atoms with Crippen LogP contribution >= 0.6 is 0 Å². The number of rotatable bonds is 5. The van der Waals surface area contributed by atoms with E-state index in [0.29, 0.717) is 29.3 Å². The fraction of sp³-hybridized carbons (Fsp3) is 0.400. The SMILES string of the molecule is COc1nn(C2CC2)cc1C(=O)Nc1cccc(-c2cnc3n2C(C)CC3)n1. The lowest BCUT2D eigenvalue weighted by Gasteiger charge is -2.12. The summed E-state index contributed by atoms with van der Waals surface area (Å²) in [5.74, 6) is 1.64. The van der Waals surface area contributed by atoms with E-state index in [0.717, 1.165) is 42.9 Å². The number of methoxy groups -OCH3 is 1. The number of aryl methyl sites for hydroxylation is 1. The van der Waals surface area contributed by atoms with E-state index in [1.54, 1.807) is 12.3 Å². The molecule has 3 aromatic heterocycles. The Morgan fingerprint density at radius 1 is 1.29 bits per heavy atom. The number of anilines is 1. The van der Waals surface area contributed by atoms with Gasteiger partial charge in [-0.05, 0) is 38.3 Å². The molecule has 1 aliphatic heterocycles. The van der Waals surface area contributed by atoms with Crippen LogP contribution in [0.15, 0.2) is 30.6 Å². The van der Waals surface area contributed by atoms with Crippen molar-refractivity contribution in [3.05, 3.63) is 42.0 Å². The molecular formula is C20H22N6O2. The highest BCUT2D eigenvalue weighted by atomic mass is 16.5. The average Bonchev–Trinajstić information content (AvgIpc) is 3.15. The topological polar surface area (TPSA) is 86.9 Å². The van der Waals surface area contributed by atoms with Crippen LogP contribution in [0.4, 0.5) is 5.82 Å². The molecule has 2 aliphatic rings. The number of amides is 1. The van der Waals surface area contributed by atoms with Gasteiger partial charge in [0.15, 0.2) is 0 Å². The van der Waals surface area contributed by atoms with E-state index in [2.05, 4.69) is 31.9 Å². The number of fused-ring (bicyclic) bond motifs is 1. The Labute approximate surface area is 162 Å². The van der Waals surface area contributed by atoms with E-state index >= 15 is 0 Å². The summed E-state index contributed by atoms with van der Waals surface area (Å²) in [5.41, 5.74) is 2.20. The summed E-state index contributed by atoms with van der Waals surface area (Å²) in [6.07, 6.45) is 7.87. The van der Waals surface area contributed by atoms with Crippen molar-refractivity contribution < 1.29 is 9.53 Å². The Balaban J connectivity index is 1.41. The number of imidazole rings is 1. The van der Waals surface area contributed by atoms with Gasteiger partial charge in [0, 0.05) is 18.7 Å². The molecule has 1 fully saturated rings. The molecule has 4 heterocycles. The van der Waals surface area contributed by atoms with Gasteiger partial charge in [0.05, 0.1) is 30.7 Å². The Morgan fingerprint density at radius 3 is 2.93 bits per heavy atom. The molecule has 0 saturated heterocycles. The van der Waals surface area contributed by atoms with Gasteiger partial charge in [-0.3, -0.25) is 9.48 Å². The molecule has 144 valence electrons. The maximum Gasteiger partial charge on any atom is 0.263 e. The van der Waals surface area contributed by atoms with Crippen molar-refractivity contribution in [1.29, 1.82) is 0 Å². The standard InChI is InChI=1S/C20H22N6O2/c1-12-6-9-18-21-10-16(26(12)18)15-4-3-5-17(22-15)23-19(27)14-11-25(13-7-8-13)24-20(14)28-2/h3-5,10-13H,6-9H2,1-2H3,(H,22,23,27). The number of ether oxygens (including phenoxy) is 1. The number of pyridine rings is 1. The van der Waals surface area contributed by atoms with Crippen LogP contribution in [-0.4, -0.2) is 37.3 Å². The third-order valence-electron chi connectivity index (χ3n) is 5.41. The predicted octanol–water partition coefficient (Wildman–Crippen LogP) is 3.24. The van der Waals surface area contributed by atoms with Gasteiger partial charge in [0.2, 0.25) is 5.88 Å². The van der Waals surface area contributed by atoms with Crippen LogP contribution in [0, 0.1) is 0 Å². The lowest BCUT2D eigenvalue weighted by molar-refractivity contribution is 0.102. The molecule has 28 heavy (non-hydrogen) atoms. The number of carbonyl (C=O) groups is 1. The normalized spacial score (nSPS) is 18.1. The van der Waals surface area contributed by atoms with Crippen LogP contribution < -0.4 is 10.1 Å². The Morgan fingerprint density at radius 2 is 2.14 bits per heavy atom. The first-order valence-corrected chi connectivity index (χ1v) is 9.62. The fourth-order valence-electron chi connectivity index (χ4n) is 3.77. The van der Waals surface area contributed by atoms with Crippen molar-refractivity contribution in [3.63, 3.8) is 0 Å². The zero-order chi connectivity index (χ0) is 19.3. The largest absolute Gasteiger partial charge is 0.479 e. The van der Waals surface area contributed by atoms with E-state index in [1.165, 1.54) is 7.11 Å². The molecule has 1 aliphatic carbocycles. The molecular weight excluding hydrogens is 356 g/mol. The number of nitrogens with one attached hydrogen (secondary N) is 1. The van der Waals surface area contributed by atoms with Crippen LogP contribution in [0.5, 0.6) is 5.88 Å². The van der Waals surface area contributed by atoms with Crippen molar-refractivity contribution in [2.75, 3.05) is 12.4 Å². The van der Waals surface area contributed by atoms with E-state index in [-0.39, 0.29) is 5.91 Å². The molecule has 1 N–H and O–H groups in total. The molecule has 1 amide bonds. The molecule has 0 radical (unpaired) electrons. The highest BCUT2D eigenvalue weighted by molar-refractivity contribution is 6.05. The van der Waals surface area contributed by atoms with Gasteiger partial charge in [-0.25, -0.2) is 9.97 Å². The number of hydrogen-bond acceptors (Lipinski definition) is 5. The van der Waals surface area contributed by atoms with E-state index in [4.69, 9.17) is 4.74 Å². The average molecular weight is 378 g/mol. The molecule has 1 saturated carbocycles. The second-order valence-corrected chi connectivity index (χ2v) is 7.44. The molecule has 5 rings (SSSR count). The quantitative estimate of drug-likeness (QED) is 0.736. The minimum Gasteiger partial charge on any atom is -0.479 e. The first kappa shape index (κ1) is 17.0. The van der Waals surface area contributed by atoms with Crippen LogP contribution in [0.1, 0.15) is 54.5 Å². The van der Waals surface area contributed by atoms with Gasteiger partial charge in [0.1, 0.15) is 17.2 Å². The van der Waals surface area contributed by atoms with Gasteiger partial charge in [-0.15, -0.1) is 5.10 Å². The first-order valence-electron chi connectivity index (χ1n) is 9.62. The van der Waals surface area contributed by atoms with Crippen molar-refractivity contribution in [1.82, 2.24) is 24.3 Å². The maximum atomic E-state index is 12.8. The van der Waals surface area contributed by atoms with Gasteiger partial charge < -0.3 is 14.6 Å². The van der Waals surface area contributed by atoms with Crippen LogP contribution in [0.2, 0.25) is 0 Å². The zero-order valence-corrected chi connectivity index (χ0v) is 15.9. The highest BCUT2D eigenvalue weighted by Crippen LogP contribution is 2.36. The Hall–Kier alpha value is -3.16. The molecule has 3 aromatic rings. The first-order chi connectivity index (χ1) is 13.6. The van der Waals surface area contributed by atoms with Gasteiger partial charge in [-0.1, -0.05) is 6.07 Å². The van der Waals surface area contributed by atoms with E-state index < -0.39 is 0 Å². The lowest BCUT2D eigenvalue weighted by atomic mass is 10.2. The summed E-state index contributed by atoms with van der Waals surface area (Å²) in [5, 5.41) is 7.23. The molecule has 0 aromatic carbocycles. The third-order valence-corrected chi connectivity index (χ3v) is 5.41. The van der Waals surface area contributed by atoms with E-state index in [9.17, 15) is 4.79 Å². The minimum absolute atomic E-state index is 0.278. The second kappa shape index (κ2) is 6.47. The van der Waals surface area contributed by atoms with Gasteiger partial charge in [-0.2, -0.15) is 0 Å². The monoisotopic (exact) mass is 378 g/mol. The van der Waals surface area contributed by atoms with Crippen molar-refractivity contribution in [2.45, 2.75) is 44.7 Å². The highest BCUT2D eigenvalue weighted by Gasteiger charge is 2.28.